The number of aromatic nitrogens is 2. The zero-order chi connectivity index (χ0) is 17.1. The van der Waals surface area contributed by atoms with Crippen molar-refractivity contribution < 1.29 is 9.53 Å². The monoisotopic (exact) mass is 340 g/mol. The van der Waals surface area contributed by atoms with Gasteiger partial charge in [-0.3, -0.25) is 14.4 Å². The SMILES string of the molecule is O=C(CCn1cccn1)N1C[C@@H]2[C@@H](C1)OCCN2Cc1ccccc1. The van der Waals surface area contributed by atoms with E-state index in [0.717, 1.165) is 26.2 Å². The molecule has 0 saturated carbocycles. The number of carbonyl (C=O) groups is 1. The molecule has 2 aliphatic heterocycles. The van der Waals surface area contributed by atoms with Gasteiger partial charge in [0.25, 0.3) is 0 Å². The maximum atomic E-state index is 12.6. The van der Waals surface area contributed by atoms with E-state index in [1.807, 2.05) is 23.2 Å². The van der Waals surface area contributed by atoms with Crippen LogP contribution in [0.4, 0.5) is 0 Å². The Morgan fingerprint density at radius 1 is 1.20 bits per heavy atom. The van der Waals surface area contributed by atoms with Gasteiger partial charge < -0.3 is 9.64 Å². The third-order valence-electron chi connectivity index (χ3n) is 5.11. The highest BCUT2D eigenvalue weighted by atomic mass is 16.5. The van der Waals surface area contributed by atoms with Gasteiger partial charge in [-0.15, -0.1) is 0 Å². The van der Waals surface area contributed by atoms with Crippen LogP contribution in [0.3, 0.4) is 0 Å². The predicted molar refractivity (Wildman–Crippen MR) is 93.8 cm³/mol. The van der Waals surface area contributed by atoms with Crippen molar-refractivity contribution in [3.05, 3.63) is 54.4 Å². The largest absolute Gasteiger partial charge is 0.373 e. The molecule has 6 nitrogen and oxygen atoms in total. The highest BCUT2D eigenvalue weighted by Gasteiger charge is 2.41. The number of hydrogen-bond donors (Lipinski definition) is 0. The van der Waals surface area contributed by atoms with E-state index >= 15 is 0 Å². The number of ether oxygens (including phenoxy) is 1. The fraction of sp³-hybridized carbons (Fsp3) is 0.474. The van der Waals surface area contributed by atoms with Crippen LogP contribution in [-0.4, -0.2) is 63.9 Å². The summed E-state index contributed by atoms with van der Waals surface area (Å²) in [5.41, 5.74) is 1.31. The Labute approximate surface area is 148 Å². The molecule has 2 saturated heterocycles. The number of aryl methyl sites for hydroxylation is 1. The van der Waals surface area contributed by atoms with Crippen molar-refractivity contribution in [3.63, 3.8) is 0 Å². The maximum absolute atomic E-state index is 12.6. The van der Waals surface area contributed by atoms with Crippen molar-refractivity contribution in [1.29, 1.82) is 0 Å². The Morgan fingerprint density at radius 2 is 2.08 bits per heavy atom. The van der Waals surface area contributed by atoms with Crippen LogP contribution in [0, 0.1) is 0 Å². The topological polar surface area (TPSA) is 50.6 Å². The summed E-state index contributed by atoms with van der Waals surface area (Å²) in [6.45, 7) is 4.67. The Morgan fingerprint density at radius 3 is 2.88 bits per heavy atom. The molecule has 2 aromatic rings. The van der Waals surface area contributed by atoms with Crippen LogP contribution in [0.15, 0.2) is 48.8 Å². The highest BCUT2D eigenvalue weighted by molar-refractivity contribution is 5.76. The molecule has 6 heteroatoms. The fourth-order valence-electron chi connectivity index (χ4n) is 3.78. The second-order valence-corrected chi connectivity index (χ2v) is 6.75. The van der Waals surface area contributed by atoms with E-state index in [1.165, 1.54) is 5.56 Å². The number of fused-ring (bicyclic) bond motifs is 1. The van der Waals surface area contributed by atoms with Crippen LogP contribution < -0.4 is 0 Å². The molecule has 1 aromatic heterocycles. The molecule has 0 aliphatic carbocycles. The lowest BCUT2D eigenvalue weighted by Gasteiger charge is -2.36. The molecule has 0 unspecified atom stereocenters. The summed E-state index contributed by atoms with van der Waals surface area (Å²) in [6, 6.07) is 12.7. The van der Waals surface area contributed by atoms with Gasteiger partial charge in [0.15, 0.2) is 0 Å². The first-order valence-corrected chi connectivity index (χ1v) is 8.94. The number of benzene rings is 1. The predicted octanol–water partition coefficient (Wildman–Crippen LogP) is 1.38. The minimum Gasteiger partial charge on any atom is -0.373 e. The quantitative estimate of drug-likeness (QED) is 0.825. The molecule has 0 bridgehead atoms. The van der Waals surface area contributed by atoms with Crippen LogP contribution in [0.25, 0.3) is 0 Å². The summed E-state index contributed by atoms with van der Waals surface area (Å²) in [6.07, 6.45) is 4.25. The minimum atomic E-state index is 0.131. The zero-order valence-corrected chi connectivity index (χ0v) is 14.3. The standard InChI is InChI=1S/C19H24N4O2/c24-19(7-10-23-9-4-8-20-23)22-14-17-18(15-22)25-12-11-21(17)13-16-5-2-1-3-6-16/h1-6,8-9,17-18H,7,10-15H2/t17-,18-/m1/s1. The van der Waals surface area contributed by atoms with E-state index in [9.17, 15) is 4.79 Å². The molecular formula is C19H24N4O2. The third-order valence-corrected chi connectivity index (χ3v) is 5.11. The lowest BCUT2D eigenvalue weighted by atomic mass is 10.1. The van der Waals surface area contributed by atoms with E-state index in [0.29, 0.717) is 25.6 Å². The van der Waals surface area contributed by atoms with Crippen LogP contribution in [-0.2, 0) is 22.6 Å². The van der Waals surface area contributed by atoms with Crippen molar-refractivity contribution >= 4 is 5.91 Å². The summed E-state index contributed by atoms with van der Waals surface area (Å²) in [5.74, 6) is 0.188. The van der Waals surface area contributed by atoms with E-state index in [-0.39, 0.29) is 12.0 Å². The lowest BCUT2D eigenvalue weighted by Crippen LogP contribution is -2.50. The van der Waals surface area contributed by atoms with Gasteiger partial charge in [-0.05, 0) is 11.6 Å². The van der Waals surface area contributed by atoms with Gasteiger partial charge in [0, 0.05) is 51.5 Å². The fourth-order valence-corrected chi connectivity index (χ4v) is 3.78. The molecule has 3 heterocycles. The van der Waals surface area contributed by atoms with Crippen LogP contribution in [0.2, 0.25) is 0 Å². The van der Waals surface area contributed by atoms with Crippen LogP contribution in [0.1, 0.15) is 12.0 Å². The number of hydrogen-bond acceptors (Lipinski definition) is 4. The first kappa shape index (κ1) is 16.3. The van der Waals surface area contributed by atoms with Crippen molar-refractivity contribution in [2.24, 2.45) is 0 Å². The van der Waals surface area contributed by atoms with Gasteiger partial charge in [0.2, 0.25) is 5.91 Å². The molecule has 2 fully saturated rings. The van der Waals surface area contributed by atoms with Gasteiger partial charge in [-0.2, -0.15) is 5.10 Å². The minimum absolute atomic E-state index is 0.131. The average molecular weight is 340 g/mol. The Kier molecular flexibility index (Phi) is 4.81. The third kappa shape index (κ3) is 3.75. The van der Waals surface area contributed by atoms with Gasteiger partial charge in [0.1, 0.15) is 0 Å². The molecule has 2 aliphatic rings. The number of amides is 1. The summed E-state index contributed by atoms with van der Waals surface area (Å²) in [5, 5.41) is 4.16. The molecule has 2 atom stereocenters. The number of nitrogens with zero attached hydrogens (tertiary/aromatic N) is 4. The van der Waals surface area contributed by atoms with Crippen LogP contribution in [0.5, 0.6) is 0 Å². The molecule has 0 radical (unpaired) electrons. The second-order valence-electron chi connectivity index (χ2n) is 6.75. The van der Waals surface area contributed by atoms with Gasteiger partial charge in [-0.1, -0.05) is 30.3 Å². The molecule has 0 N–H and O–H groups in total. The number of carbonyl (C=O) groups excluding carboxylic acids is 1. The number of morpholine rings is 1. The molecule has 132 valence electrons. The van der Waals surface area contributed by atoms with Crippen molar-refractivity contribution in [1.82, 2.24) is 19.6 Å². The van der Waals surface area contributed by atoms with E-state index in [4.69, 9.17) is 4.74 Å². The van der Waals surface area contributed by atoms with E-state index < -0.39 is 0 Å². The van der Waals surface area contributed by atoms with Gasteiger partial charge in [0.05, 0.1) is 18.8 Å². The Bertz CT molecular complexity index is 689. The Hall–Kier alpha value is -2.18. The number of likely N-dealkylation sites (tertiary alicyclic amines) is 1. The van der Waals surface area contributed by atoms with Crippen molar-refractivity contribution in [2.75, 3.05) is 26.2 Å². The first-order chi connectivity index (χ1) is 12.3. The molecule has 1 amide bonds. The average Bonchev–Trinajstić information content (AvgIpc) is 3.30. The molecule has 4 rings (SSSR count). The summed E-state index contributed by atoms with van der Waals surface area (Å²) < 4.78 is 7.75. The molecule has 0 spiro atoms. The van der Waals surface area contributed by atoms with Crippen molar-refractivity contribution in [3.8, 4) is 0 Å². The number of rotatable bonds is 5. The normalized spacial score (nSPS) is 23.6. The molecule has 25 heavy (non-hydrogen) atoms. The summed E-state index contributed by atoms with van der Waals surface area (Å²) in [7, 11) is 0. The van der Waals surface area contributed by atoms with Crippen molar-refractivity contribution in [2.45, 2.75) is 31.7 Å². The summed E-state index contributed by atoms with van der Waals surface area (Å²) >= 11 is 0. The van der Waals surface area contributed by atoms with E-state index in [1.54, 1.807) is 10.9 Å². The maximum Gasteiger partial charge on any atom is 0.224 e. The molecular weight excluding hydrogens is 316 g/mol. The van der Waals surface area contributed by atoms with Gasteiger partial charge in [-0.25, -0.2) is 0 Å². The molecule has 1 aromatic carbocycles. The zero-order valence-electron chi connectivity index (χ0n) is 14.3. The highest BCUT2D eigenvalue weighted by Crippen LogP contribution is 2.25. The second kappa shape index (κ2) is 7.37. The lowest BCUT2D eigenvalue weighted by molar-refractivity contribution is -0.130. The Balaban J connectivity index is 1.36. The summed E-state index contributed by atoms with van der Waals surface area (Å²) in [4.78, 5) is 17.0. The van der Waals surface area contributed by atoms with Crippen LogP contribution >= 0.6 is 0 Å². The smallest absolute Gasteiger partial charge is 0.224 e. The first-order valence-electron chi connectivity index (χ1n) is 8.94. The van der Waals surface area contributed by atoms with E-state index in [2.05, 4.69) is 34.3 Å². The van der Waals surface area contributed by atoms with Gasteiger partial charge >= 0.3 is 0 Å².